The van der Waals surface area contributed by atoms with Crippen LogP contribution in [0.3, 0.4) is 0 Å². The fraction of sp³-hybridized carbons (Fsp3) is 0.462. The number of nitrogens with one attached hydrogen (secondary N) is 1. The number of hydrogen-bond donors (Lipinski definition) is 1. The van der Waals surface area contributed by atoms with Crippen LogP contribution in [-0.4, -0.2) is 47.7 Å². The molecule has 1 saturated carbocycles. The number of rotatable bonds is 9. The van der Waals surface area contributed by atoms with Crippen molar-refractivity contribution in [2.24, 2.45) is 5.92 Å². The van der Waals surface area contributed by atoms with Crippen molar-refractivity contribution in [1.29, 1.82) is 0 Å². The van der Waals surface area contributed by atoms with Gasteiger partial charge >= 0.3 is 0 Å². The number of hydrogen-bond acceptors (Lipinski definition) is 6. The van der Waals surface area contributed by atoms with Gasteiger partial charge in [-0.2, -0.15) is 0 Å². The average molecular weight is 485 g/mol. The third kappa shape index (κ3) is 5.20. The van der Waals surface area contributed by atoms with E-state index >= 15 is 0 Å². The SMILES string of the molecule is COc1cc2ncnc(Nc3ccc(F)c(Cl)c3)c2cc1OCCCN1CCCC[C@H]1C1CC1. The molecule has 5 rings (SSSR count). The number of benzene rings is 2. The number of aromatic nitrogens is 2. The van der Waals surface area contributed by atoms with Gasteiger partial charge < -0.3 is 14.8 Å². The topological polar surface area (TPSA) is 59.5 Å². The largest absolute Gasteiger partial charge is 0.493 e. The molecule has 2 aliphatic rings. The molecule has 34 heavy (non-hydrogen) atoms. The van der Waals surface area contributed by atoms with Gasteiger partial charge in [-0.3, -0.25) is 4.90 Å². The Kier molecular flexibility index (Phi) is 7.02. The highest BCUT2D eigenvalue weighted by molar-refractivity contribution is 6.31. The van der Waals surface area contributed by atoms with Crippen molar-refractivity contribution in [3.05, 3.63) is 47.5 Å². The molecule has 3 aromatic rings. The zero-order valence-corrected chi connectivity index (χ0v) is 20.2. The number of fused-ring (bicyclic) bond motifs is 1. The second kappa shape index (κ2) is 10.3. The highest BCUT2D eigenvalue weighted by Gasteiger charge is 2.36. The van der Waals surface area contributed by atoms with E-state index in [-0.39, 0.29) is 5.02 Å². The van der Waals surface area contributed by atoms with E-state index in [0.717, 1.165) is 35.8 Å². The molecule has 2 fully saturated rings. The minimum absolute atomic E-state index is 0.0479. The molecule has 0 bridgehead atoms. The molecular weight excluding hydrogens is 455 g/mol. The maximum atomic E-state index is 13.5. The summed E-state index contributed by atoms with van der Waals surface area (Å²) in [6.45, 7) is 2.89. The number of likely N-dealkylation sites (tertiary alicyclic amines) is 1. The zero-order valence-electron chi connectivity index (χ0n) is 19.4. The Labute approximate surface area is 204 Å². The number of piperidine rings is 1. The van der Waals surface area contributed by atoms with Crippen LogP contribution in [0.15, 0.2) is 36.7 Å². The first-order chi connectivity index (χ1) is 16.6. The maximum Gasteiger partial charge on any atom is 0.162 e. The van der Waals surface area contributed by atoms with Crippen LogP contribution in [0, 0.1) is 11.7 Å². The lowest BCUT2D eigenvalue weighted by Gasteiger charge is -2.36. The summed E-state index contributed by atoms with van der Waals surface area (Å²) in [5, 5.41) is 4.03. The number of halogens is 2. The summed E-state index contributed by atoms with van der Waals surface area (Å²) in [4.78, 5) is 11.4. The van der Waals surface area contributed by atoms with Crippen LogP contribution < -0.4 is 14.8 Å². The van der Waals surface area contributed by atoms with Gasteiger partial charge in [-0.1, -0.05) is 18.0 Å². The fourth-order valence-corrected chi connectivity index (χ4v) is 5.09. The quantitative estimate of drug-likeness (QED) is 0.364. The molecule has 1 aliphatic carbocycles. The van der Waals surface area contributed by atoms with E-state index < -0.39 is 5.82 Å². The lowest BCUT2D eigenvalue weighted by Crippen LogP contribution is -2.41. The van der Waals surface area contributed by atoms with Crippen molar-refractivity contribution in [2.75, 3.05) is 32.1 Å². The molecule has 0 amide bonds. The van der Waals surface area contributed by atoms with Crippen molar-refractivity contribution in [2.45, 2.75) is 44.6 Å². The minimum atomic E-state index is -0.465. The van der Waals surface area contributed by atoms with Crippen molar-refractivity contribution in [3.63, 3.8) is 0 Å². The number of nitrogens with zero attached hydrogens (tertiary/aromatic N) is 3. The molecule has 1 N–H and O–H groups in total. The summed E-state index contributed by atoms with van der Waals surface area (Å²) < 4.78 is 25.3. The number of ether oxygens (including phenoxy) is 2. The Hall–Kier alpha value is -2.64. The number of methoxy groups -OCH3 is 1. The van der Waals surface area contributed by atoms with E-state index in [9.17, 15) is 4.39 Å². The molecule has 180 valence electrons. The van der Waals surface area contributed by atoms with Crippen molar-refractivity contribution in [1.82, 2.24) is 14.9 Å². The summed E-state index contributed by atoms with van der Waals surface area (Å²) in [5.41, 5.74) is 1.35. The molecular formula is C26H30ClFN4O2. The summed E-state index contributed by atoms with van der Waals surface area (Å²) in [7, 11) is 1.63. The Morgan fingerprint density at radius 2 is 2.00 bits per heavy atom. The normalized spacial score (nSPS) is 18.7. The Morgan fingerprint density at radius 3 is 2.79 bits per heavy atom. The van der Waals surface area contributed by atoms with Crippen LogP contribution in [0.5, 0.6) is 11.5 Å². The van der Waals surface area contributed by atoms with E-state index in [1.54, 1.807) is 13.2 Å². The van der Waals surface area contributed by atoms with E-state index in [0.29, 0.717) is 29.6 Å². The summed E-state index contributed by atoms with van der Waals surface area (Å²) in [6.07, 6.45) is 9.25. The highest BCUT2D eigenvalue weighted by atomic mass is 35.5. The smallest absolute Gasteiger partial charge is 0.162 e. The van der Waals surface area contributed by atoms with Crippen molar-refractivity contribution >= 4 is 34.0 Å². The second-order valence-electron chi connectivity index (χ2n) is 9.13. The summed E-state index contributed by atoms with van der Waals surface area (Å²) in [6, 6.07) is 8.99. The third-order valence-electron chi connectivity index (χ3n) is 6.78. The number of anilines is 2. The maximum absolute atomic E-state index is 13.5. The van der Waals surface area contributed by atoms with Gasteiger partial charge in [-0.05, 0) is 68.8 Å². The van der Waals surface area contributed by atoms with Gasteiger partial charge in [0.25, 0.3) is 0 Å². The molecule has 2 aromatic carbocycles. The van der Waals surface area contributed by atoms with Gasteiger partial charge in [0.1, 0.15) is 18.0 Å². The van der Waals surface area contributed by atoms with Gasteiger partial charge in [0, 0.05) is 29.7 Å². The monoisotopic (exact) mass is 484 g/mol. The Balaban J connectivity index is 1.29. The van der Waals surface area contributed by atoms with Gasteiger partial charge in [0.2, 0.25) is 0 Å². The van der Waals surface area contributed by atoms with E-state index in [4.69, 9.17) is 21.1 Å². The predicted octanol–water partition coefficient (Wildman–Crippen LogP) is 6.21. The first-order valence-corrected chi connectivity index (χ1v) is 12.4. The van der Waals surface area contributed by atoms with Gasteiger partial charge in [0.15, 0.2) is 11.5 Å². The third-order valence-corrected chi connectivity index (χ3v) is 7.07. The molecule has 1 saturated heterocycles. The van der Waals surface area contributed by atoms with Crippen LogP contribution in [0.4, 0.5) is 15.9 Å². The second-order valence-corrected chi connectivity index (χ2v) is 9.54. The van der Waals surface area contributed by atoms with Crippen LogP contribution in [-0.2, 0) is 0 Å². The predicted molar refractivity (Wildman–Crippen MR) is 133 cm³/mol. The first-order valence-electron chi connectivity index (χ1n) is 12.0. The van der Waals surface area contributed by atoms with E-state index in [1.165, 1.54) is 57.1 Å². The Morgan fingerprint density at radius 1 is 1.12 bits per heavy atom. The minimum Gasteiger partial charge on any atom is -0.493 e. The van der Waals surface area contributed by atoms with Crippen molar-refractivity contribution in [3.8, 4) is 11.5 Å². The highest BCUT2D eigenvalue weighted by Crippen LogP contribution is 2.39. The fourth-order valence-electron chi connectivity index (χ4n) is 4.91. The van der Waals surface area contributed by atoms with Crippen LogP contribution in [0.25, 0.3) is 10.9 Å². The van der Waals surface area contributed by atoms with Gasteiger partial charge in [-0.25, -0.2) is 14.4 Å². The van der Waals surface area contributed by atoms with Gasteiger partial charge in [0.05, 0.1) is 24.3 Å². The van der Waals surface area contributed by atoms with Crippen LogP contribution >= 0.6 is 11.6 Å². The molecule has 0 radical (unpaired) electrons. The van der Waals surface area contributed by atoms with Crippen LogP contribution in [0.2, 0.25) is 5.02 Å². The summed E-state index contributed by atoms with van der Waals surface area (Å²) >= 11 is 5.93. The first kappa shape index (κ1) is 23.1. The van der Waals surface area contributed by atoms with Crippen LogP contribution in [0.1, 0.15) is 38.5 Å². The standard InChI is InChI=1S/C26H30ClFN4O2/c1-33-24-15-22-19(26(30-16-29-22)31-18-8-9-21(28)20(27)13-18)14-25(24)34-12-4-11-32-10-3-2-5-23(32)17-6-7-17/h8-9,13-17,23H,2-7,10-12H2,1H3,(H,29,30,31)/t23-/m0/s1. The molecule has 1 atom stereocenters. The molecule has 1 aliphatic heterocycles. The Bertz CT molecular complexity index is 1160. The molecule has 8 heteroatoms. The molecule has 0 spiro atoms. The van der Waals surface area contributed by atoms with Gasteiger partial charge in [-0.15, -0.1) is 0 Å². The van der Waals surface area contributed by atoms with Crippen molar-refractivity contribution < 1.29 is 13.9 Å². The summed E-state index contributed by atoms with van der Waals surface area (Å²) in [5.74, 6) is 2.33. The molecule has 0 unspecified atom stereocenters. The lowest BCUT2D eigenvalue weighted by molar-refractivity contribution is 0.121. The zero-order chi connectivity index (χ0) is 23.5. The molecule has 2 heterocycles. The molecule has 1 aromatic heterocycles. The van der Waals surface area contributed by atoms with E-state index in [1.807, 2.05) is 12.1 Å². The molecule has 6 nitrogen and oxygen atoms in total. The average Bonchev–Trinajstić information content (AvgIpc) is 3.70. The lowest BCUT2D eigenvalue weighted by atomic mass is 9.98. The van der Waals surface area contributed by atoms with E-state index in [2.05, 4.69) is 20.2 Å².